The van der Waals surface area contributed by atoms with Crippen LogP contribution in [0.4, 0.5) is 8.78 Å². The van der Waals surface area contributed by atoms with E-state index in [1.54, 1.807) is 12.1 Å². The van der Waals surface area contributed by atoms with Gasteiger partial charge in [-0.25, -0.2) is 8.78 Å². The van der Waals surface area contributed by atoms with Crippen LogP contribution in [0.3, 0.4) is 0 Å². The van der Waals surface area contributed by atoms with Gasteiger partial charge in [0.15, 0.2) is 11.6 Å². The third-order valence-electron chi connectivity index (χ3n) is 6.70. The average molecular weight is 452 g/mol. The molecular formula is C26H27F2N3O2. The number of aryl methyl sites for hydroxylation is 1. The number of nitrogens with zero attached hydrogens (tertiary/aromatic N) is 1. The number of aromatic amines is 1. The molecule has 3 aromatic rings. The summed E-state index contributed by atoms with van der Waals surface area (Å²) < 4.78 is 33.8. The Balaban J connectivity index is 1.40. The number of primary amides is 1. The second-order valence-electron chi connectivity index (χ2n) is 9.11. The first-order valence-corrected chi connectivity index (χ1v) is 11.4. The van der Waals surface area contributed by atoms with E-state index in [0.717, 1.165) is 41.5 Å². The van der Waals surface area contributed by atoms with Crippen LogP contribution in [-0.4, -0.2) is 35.0 Å². The monoisotopic (exact) mass is 451 g/mol. The molecule has 1 aromatic heterocycles. The molecule has 1 atom stereocenters. The Hall–Kier alpha value is -3.35. The lowest BCUT2D eigenvalue weighted by Gasteiger charge is -2.35. The van der Waals surface area contributed by atoms with Crippen LogP contribution in [0, 0.1) is 17.6 Å². The highest BCUT2D eigenvalue weighted by Crippen LogP contribution is 2.37. The Kier molecular flexibility index (Phi) is 5.56. The van der Waals surface area contributed by atoms with Gasteiger partial charge >= 0.3 is 0 Å². The number of hydrogen-bond acceptors (Lipinski definition) is 3. The van der Waals surface area contributed by atoms with Gasteiger partial charge in [-0.3, -0.25) is 4.79 Å². The van der Waals surface area contributed by atoms with E-state index < -0.39 is 11.7 Å². The van der Waals surface area contributed by atoms with Gasteiger partial charge in [0, 0.05) is 35.2 Å². The fourth-order valence-electron chi connectivity index (χ4n) is 4.63. The largest absolute Gasteiger partial charge is 0.484 e. The molecule has 1 amide bonds. The fraction of sp³-hybridized carbons (Fsp3) is 0.346. The first kappa shape index (κ1) is 21.5. The predicted molar refractivity (Wildman–Crippen MR) is 124 cm³/mol. The van der Waals surface area contributed by atoms with Crippen molar-refractivity contribution in [3.8, 4) is 5.75 Å². The number of rotatable bonds is 8. The molecule has 2 aromatic carbocycles. The molecule has 0 bridgehead atoms. The van der Waals surface area contributed by atoms with E-state index in [0.29, 0.717) is 11.5 Å². The van der Waals surface area contributed by atoms with Gasteiger partial charge in [-0.2, -0.15) is 0 Å². The number of amides is 1. The van der Waals surface area contributed by atoms with Crippen LogP contribution < -0.4 is 10.5 Å². The molecular weight excluding hydrogens is 424 g/mol. The molecule has 1 aliphatic heterocycles. The minimum Gasteiger partial charge on any atom is -0.484 e. The van der Waals surface area contributed by atoms with Gasteiger partial charge in [0.1, 0.15) is 12.4 Å². The minimum atomic E-state index is -0.610. The van der Waals surface area contributed by atoms with Crippen molar-refractivity contribution in [1.82, 2.24) is 9.88 Å². The molecule has 33 heavy (non-hydrogen) atoms. The highest BCUT2D eigenvalue weighted by molar-refractivity contribution is 5.98. The van der Waals surface area contributed by atoms with Crippen molar-refractivity contribution in [1.29, 1.82) is 0 Å². The summed E-state index contributed by atoms with van der Waals surface area (Å²) >= 11 is 0. The minimum absolute atomic E-state index is 0.0786. The van der Waals surface area contributed by atoms with Gasteiger partial charge in [-0.1, -0.05) is 0 Å². The Morgan fingerprint density at radius 2 is 2.09 bits per heavy atom. The van der Waals surface area contributed by atoms with Crippen LogP contribution in [-0.2, 0) is 6.42 Å². The quantitative estimate of drug-likeness (QED) is 0.506. The highest BCUT2D eigenvalue weighted by Gasteiger charge is 2.30. The zero-order valence-electron chi connectivity index (χ0n) is 18.5. The van der Waals surface area contributed by atoms with Crippen LogP contribution in [0.5, 0.6) is 5.75 Å². The molecule has 7 heteroatoms. The van der Waals surface area contributed by atoms with E-state index in [1.807, 2.05) is 12.3 Å². The van der Waals surface area contributed by atoms with Crippen LogP contribution in [0.2, 0.25) is 0 Å². The second kappa shape index (κ2) is 8.54. The van der Waals surface area contributed by atoms with Crippen molar-refractivity contribution in [2.24, 2.45) is 11.7 Å². The van der Waals surface area contributed by atoms with Crippen molar-refractivity contribution in [2.75, 3.05) is 13.2 Å². The smallest absolute Gasteiger partial charge is 0.249 e. The molecule has 1 unspecified atom stereocenters. The molecule has 0 saturated heterocycles. The van der Waals surface area contributed by atoms with E-state index in [1.165, 1.54) is 31.0 Å². The number of carbonyl (C=O) groups is 1. The lowest BCUT2D eigenvalue weighted by molar-refractivity contribution is 0.0999. The number of fused-ring (bicyclic) bond motifs is 2. The normalized spacial score (nSPS) is 16.2. The SMILES string of the molecule is CC(CCc1c[nH]c2ccc(F)cc12)N(CC1CC1)C1=Cc2c(C(N)=O)ccc(F)c2OC1. The van der Waals surface area contributed by atoms with Gasteiger partial charge in [0.2, 0.25) is 5.91 Å². The number of nitrogens with one attached hydrogen (secondary N) is 1. The molecule has 0 radical (unpaired) electrons. The summed E-state index contributed by atoms with van der Waals surface area (Å²) in [6.45, 7) is 3.28. The number of benzene rings is 2. The maximum atomic E-state index is 14.3. The van der Waals surface area contributed by atoms with E-state index in [2.05, 4.69) is 16.8 Å². The fourth-order valence-corrected chi connectivity index (χ4v) is 4.63. The summed E-state index contributed by atoms with van der Waals surface area (Å²) in [5.74, 6) is -0.651. The molecule has 1 aliphatic carbocycles. The maximum Gasteiger partial charge on any atom is 0.249 e. The van der Waals surface area contributed by atoms with Crippen molar-refractivity contribution in [2.45, 2.75) is 38.6 Å². The second-order valence-corrected chi connectivity index (χ2v) is 9.11. The van der Waals surface area contributed by atoms with Gasteiger partial charge in [0.05, 0.1) is 11.3 Å². The van der Waals surface area contributed by atoms with Gasteiger partial charge in [-0.05, 0) is 80.5 Å². The lowest BCUT2D eigenvalue weighted by Crippen LogP contribution is -2.37. The highest BCUT2D eigenvalue weighted by atomic mass is 19.1. The van der Waals surface area contributed by atoms with Crippen molar-refractivity contribution in [3.63, 3.8) is 0 Å². The molecule has 5 rings (SSSR count). The van der Waals surface area contributed by atoms with Crippen molar-refractivity contribution in [3.05, 3.63) is 70.6 Å². The molecule has 5 nitrogen and oxygen atoms in total. The summed E-state index contributed by atoms with van der Waals surface area (Å²) in [6.07, 6.45) is 7.82. The van der Waals surface area contributed by atoms with Gasteiger partial charge in [-0.15, -0.1) is 0 Å². The van der Waals surface area contributed by atoms with Crippen molar-refractivity contribution >= 4 is 22.9 Å². The Labute approximate surface area is 191 Å². The van der Waals surface area contributed by atoms with Crippen LogP contribution in [0.1, 0.15) is 47.7 Å². The third kappa shape index (κ3) is 4.32. The summed E-state index contributed by atoms with van der Waals surface area (Å²) in [6, 6.07) is 7.58. The Bertz CT molecular complexity index is 1250. The number of halogens is 2. The number of carbonyl (C=O) groups excluding carboxylic acids is 1. The topological polar surface area (TPSA) is 71.3 Å². The summed E-state index contributed by atoms with van der Waals surface area (Å²) in [5, 5.41) is 0.909. The van der Waals surface area contributed by atoms with Crippen LogP contribution >= 0.6 is 0 Å². The lowest BCUT2D eigenvalue weighted by atomic mass is 10.00. The van der Waals surface area contributed by atoms with Gasteiger partial charge < -0.3 is 20.4 Å². The Morgan fingerprint density at radius 3 is 2.85 bits per heavy atom. The molecule has 172 valence electrons. The van der Waals surface area contributed by atoms with E-state index in [-0.39, 0.29) is 29.8 Å². The third-order valence-corrected chi connectivity index (χ3v) is 6.70. The van der Waals surface area contributed by atoms with E-state index in [4.69, 9.17) is 10.5 Å². The molecule has 2 heterocycles. The number of ether oxygens (including phenoxy) is 1. The Morgan fingerprint density at radius 1 is 1.27 bits per heavy atom. The number of hydrogen-bond donors (Lipinski definition) is 2. The summed E-state index contributed by atoms with van der Waals surface area (Å²) in [7, 11) is 0. The molecule has 0 spiro atoms. The zero-order valence-corrected chi connectivity index (χ0v) is 18.5. The summed E-state index contributed by atoms with van der Waals surface area (Å²) in [4.78, 5) is 17.4. The first-order valence-electron chi connectivity index (χ1n) is 11.4. The van der Waals surface area contributed by atoms with Crippen LogP contribution in [0.15, 0.2) is 42.2 Å². The first-order chi connectivity index (χ1) is 15.9. The molecule has 1 fully saturated rings. The van der Waals surface area contributed by atoms with E-state index in [9.17, 15) is 13.6 Å². The zero-order chi connectivity index (χ0) is 23.1. The standard InChI is InChI=1S/C26H27F2N3O2/c1-15(2-5-17-12-30-24-9-6-18(27)10-21(17)24)31(13-16-3-4-16)19-11-22-20(26(29)32)7-8-23(28)25(22)33-14-19/h6-12,15-16,30H,2-5,13-14H2,1H3,(H2,29,32). The van der Waals surface area contributed by atoms with Gasteiger partial charge in [0.25, 0.3) is 0 Å². The predicted octanol–water partition coefficient (Wildman–Crippen LogP) is 5.01. The maximum absolute atomic E-state index is 14.3. The number of aromatic nitrogens is 1. The van der Waals surface area contributed by atoms with Crippen LogP contribution in [0.25, 0.3) is 17.0 Å². The molecule has 3 N–H and O–H groups in total. The van der Waals surface area contributed by atoms with Crippen molar-refractivity contribution < 1.29 is 18.3 Å². The molecule has 1 saturated carbocycles. The molecule has 2 aliphatic rings. The average Bonchev–Trinajstić information content (AvgIpc) is 3.54. The van der Waals surface area contributed by atoms with E-state index >= 15 is 0 Å². The summed E-state index contributed by atoms with van der Waals surface area (Å²) in [5.41, 5.74) is 9.11. The number of nitrogens with two attached hydrogens (primary N) is 1. The number of H-pyrrole nitrogens is 1.